The topological polar surface area (TPSA) is 55.8 Å². The number of ether oxygens (including phenoxy) is 2. The summed E-state index contributed by atoms with van der Waals surface area (Å²) in [6.07, 6.45) is 0.814. The van der Waals surface area contributed by atoms with Crippen molar-refractivity contribution in [3.05, 3.63) is 42.0 Å². The molecule has 1 aliphatic rings. The lowest BCUT2D eigenvalue weighted by molar-refractivity contribution is -0.145. The molecule has 2 aromatic rings. The van der Waals surface area contributed by atoms with Gasteiger partial charge in [-0.25, -0.2) is 0 Å². The van der Waals surface area contributed by atoms with Crippen LogP contribution in [0.1, 0.15) is 24.2 Å². The number of benzene rings is 2. The lowest BCUT2D eigenvalue weighted by atomic mass is 10.0. The molecule has 1 fully saturated rings. The van der Waals surface area contributed by atoms with Gasteiger partial charge in [0.2, 0.25) is 0 Å². The van der Waals surface area contributed by atoms with E-state index in [2.05, 4.69) is 0 Å². The summed E-state index contributed by atoms with van der Waals surface area (Å²) >= 11 is 0. The molecule has 3 rings (SSSR count). The Morgan fingerprint density at radius 2 is 1.92 bits per heavy atom. The second kappa shape index (κ2) is 7.01. The maximum atomic E-state index is 12.4. The molecule has 0 unspecified atom stereocenters. The van der Waals surface area contributed by atoms with E-state index in [1.165, 1.54) is 0 Å². The molecule has 0 saturated carbocycles. The molecule has 0 spiro atoms. The Hall–Kier alpha value is -2.40. The average molecular weight is 327 g/mol. The second-order valence-electron chi connectivity index (χ2n) is 6.16. The number of carbonyl (C=O) groups excluding carboxylic acids is 2. The minimum Gasteiger partial charge on any atom is -0.483 e. The third-order valence-corrected chi connectivity index (χ3v) is 4.17. The van der Waals surface area contributed by atoms with Gasteiger partial charge >= 0.3 is 0 Å². The molecule has 5 nitrogen and oxygen atoms in total. The predicted molar refractivity (Wildman–Crippen MR) is 91.4 cm³/mol. The summed E-state index contributed by atoms with van der Waals surface area (Å²) in [5, 5.41) is 1.79. The first-order valence-corrected chi connectivity index (χ1v) is 8.11. The Bertz CT molecular complexity index is 748. The number of amides is 1. The Labute approximate surface area is 141 Å². The van der Waals surface area contributed by atoms with Crippen molar-refractivity contribution < 1.29 is 19.1 Å². The van der Waals surface area contributed by atoms with E-state index >= 15 is 0 Å². The Morgan fingerprint density at radius 1 is 1.21 bits per heavy atom. The smallest absolute Gasteiger partial charge is 0.260 e. The second-order valence-corrected chi connectivity index (χ2v) is 6.16. The van der Waals surface area contributed by atoms with E-state index in [4.69, 9.17) is 9.47 Å². The molecule has 126 valence electrons. The first-order valence-electron chi connectivity index (χ1n) is 8.11. The number of nitrogens with zero attached hydrogens (tertiary/aromatic N) is 1. The Kier molecular flexibility index (Phi) is 4.81. The van der Waals surface area contributed by atoms with Crippen LogP contribution in [0.4, 0.5) is 0 Å². The fraction of sp³-hybridized carbons (Fsp3) is 0.368. The van der Waals surface area contributed by atoms with Crippen LogP contribution in [-0.2, 0) is 9.53 Å². The molecule has 1 heterocycles. The van der Waals surface area contributed by atoms with Crippen molar-refractivity contribution in [3.8, 4) is 5.75 Å². The number of hydrogen-bond acceptors (Lipinski definition) is 4. The number of fused-ring (bicyclic) bond motifs is 1. The molecule has 2 atom stereocenters. The number of rotatable bonds is 4. The van der Waals surface area contributed by atoms with E-state index in [-0.39, 0.29) is 24.7 Å². The van der Waals surface area contributed by atoms with Crippen molar-refractivity contribution in [1.29, 1.82) is 0 Å². The average Bonchev–Trinajstić information content (AvgIpc) is 2.58. The first kappa shape index (κ1) is 16.5. The molecular weight excluding hydrogens is 306 g/mol. The molecule has 0 radical (unpaired) electrons. The maximum Gasteiger partial charge on any atom is 0.260 e. The number of hydrogen-bond donors (Lipinski definition) is 0. The molecule has 0 bridgehead atoms. The number of morpholine rings is 1. The van der Waals surface area contributed by atoms with Gasteiger partial charge < -0.3 is 14.4 Å². The van der Waals surface area contributed by atoms with Gasteiger partial charge in [-0.1, -0.05) is 30.3 Å². The summed E-state index contributed by atoms with van der Waals surface area (Å²) in [7, 11) is 0. The van der Waals surface area contributed by atoms with Crippen LogP contribution >= 0.6 is 0 Å². The zero-order valence-electron chi connectivity index (χ0n) is 13.9. The van der Waals surface area contributed by atoms with Crippen LogP contribution < -0.4 is 4.74 Å². The Balaban J connectivity index is 1.73. The third kappa shape index (κ3) is 3.41. The summed E-state index contributed by atoms with van der Waals surface area (Å²) in [5.41, 5.74) is 0.476. The SMILES string of the molecule is C[C@@H]1CN(C(=O)COc2ccc3ccccc3c2C=O)C[C@H](C)O1. The van der Waals surface area contributed by atoms with Gasteiger partial charge in [-0.15, -0.1) is 0 Å². The highest BCUT2D eigenvalue weighted by atomic mass is 16.5. The minimum absolute atomic E-state index is 0.0175. The van der Waals surface area contributed by atoms with Crippen LogP contribution in [-0.4, -0.2) is 49.0 Å². The van der Waals surface area contributed by atoms with Gasteiger partial charge in [0.25, 0.3) is 5.91 Å². The lowest BCUT2D eigenvalue weighted by Crippen LogP contribution is -2.49. The van der Waals surface area contributed by atoms with Crippen LogP contribution in [0.3, 0.4) is 0 Å². The summed E-state index contributed by atoms with van der Waals surface area (Å²) in [6, 6.07) is 11.2. The maximum absolute atomic E-state index is 12.4. The van der Waals surface area contributed by atoms with E-state index < -0.39 is 0 Å². The van der Waals surface area contributed by atoms with E-state index in [1.54, 1.807) is 11.0 Å². The van der Waals surface area contributed by atoms with Gasteiger partial charge in [-0.05, 0) is 30.7 Å². The van der Waals surface area contributed by atoms with Crippen LogP contribution in [0.15, 0.2) is 36.4 Å². The molecule has 0 aromatic heterocycles. The molecule has 2 aromatic carbocycles. The van der Waals surface area contributed by atoms with E-state index in [0.29, 0.717) is 24.4 Å². The lowest BCUT2D eigenvalue weighted by Gasteiger charge is -2.35. The molecule has 1 amide bonds. The zero-order valence-corrected chi connectivity index (χ0v) is 13.9. The number of aldehydes is 1. The molecule has 1 saturated heterocycles. The van der Waals surface area contributed by atoms with Gasteiger partial charge in [-0.2, -0.15) is 0 Å². The fourth-order valence-electron chi connectivity index (χ4n) is 3.14. The van der Waals surface area contributed by atoms with Crippen LogP contribution in [0, 0.1) is 0 Å². The third-order valence-electron chi connectivity index (χ3n) is 4.17. The van der Waals surface area contributed by atoms with Gasteiger partial charge in [0.15, 0.2) is 12.9 Å². The van der Waals surface area contributed by atoms with Crippen molar-refractivity contribution in [2.45, 2.75) is 26.1 Å². The highest BCUT2D eigenvalue weighted by Gasteiger charge is 2.26. The zero-order chi connectivity index (χ0) is 17.1. The summed E-state index contributed by atoms with van der Waals surface area (Å²) in [5.74, 6) is 0.341. The predicted octanol–water partition coefficient (Wildman–Crippen LogP) is 2.67. The van der Waals surface area contributed by atoms with Gasteiger partial charge in [0, 0.05) is 13.1 Å². The minimum atomic E-state index is -0.0954. The normalized spacial score (nSPS) is 20.8. The first-order chi connectivity index (χ1) is 11.6. The molecule has 5 heteroatoms. The highest BCUT2D eigenvalue weighted by Crippen LogP contribution is 2.26. The van der Waals surface area contributed by atoms with Crippen LogP contribution in [0.5, 0.6) is 5.75 Å². The number of carbonyl (C=O) groups is 2. The largest absolute Gasteiger partial charge is 0.483 e. The van der Waals surface area contributed by atoms with Crippen LogP contribution in [0.25, 0.3) is 10.8 Å². The molecule has 0 N–H and O–H groups in total. The van der Waals surface area contributed by atoms with Gasteiger partial charge in [0.1, 0.15) is 5.75 Å². The van der Waals surface area contributed by atoms with E-state index in [9.17, 15) is 9.59 Å². The van der Waals surface area contributed by atoms with Crippen molar-refractivity contribution in [2.24, 2.45) is 0 Å². The standard InChI is InChI=1S/C19H21NO4/c1-13-9-20(10-14(2)24-13)19(22)12-23-18-8-7-15-5-3-4-6-16(15)17(18)11-21/h3-8,11,13-14H,9-10,12H2,1-2H3/t13-,14+. The summed E-state index contributed by atoms with van der Waals surface area (Å²) in [4.78, 5) is 25.6. The molecule has 0 aliphatic carbocycles. The van der Waals surface area contributed by atoms with E-state index in [1.807, 2.05) is 44.2 Å². The van der Waals surface area contributed by atoms with Crippen LogP contribution in [0.2, 0.25) is 0 Å². The van der Waals surface area contributed by atoms with Crippen molar-refractivity contribution in [2.75, 3.05) is 19.7 Å². The van der Waals surface area contributed by atoms with Crippen molar-refractivity contribution in [1.82, 2.24) is 4.90 Å². The fourth-order valence-corrected chi connectivity index (χ4v) is 3.14. The quantitative estimate of drug-likeness (QED) is 0.810. The summed E-state index contributed by atoms with van der Waals surface area (Å²) < 4.78 is 11.3. The van der Waals surface area contributed by atoms with Gasteiger partial charge in [-0.3, -0.25) is 9.59 Å². The summed E-state index contributed by atoms with van der Waals surface area (Å²) in [6.45, 7) is 4.93. The highest BCUT2D eigenvalue weighted by molar-refractivity contribution is 6.00. The Morgan fingerprint density at radius 3 is 2.62 bits per heavy atom. The van der Waals surface area contributed by atoms with Crippen molar-refractivity contribution in [3.63, 3.8) is 0 Å². The van der Waals surface area contributed by atoms with E-state index in [0.717, 1.165) is 17.1 Å². The monoisotopic (exact) mass is 327 g/mol. The van der Waals surface area contributed by atoms with Gasteiger partial charge in [0.05, 0.1) is 17.8 Å². The molecule has 24 heavy (non-hydrogen) atoms. The molecular formula is C19H21NO4. The molecule has 1 aliphatic heterocycles. The van der Waals surface area contributed by atoms with Crippen molar-refractivity contribution >= 4 is 23.0 Å².